The number of methoxy groups -OCH3 is 1. The summed E-state index contributed by atoms with van der Waals surface area (Å²) < 4.78 is 54.3. The first-order chi connectivity index (χ1) is 19.8. The van der Waals surface area contributed by atoms with Gasteiger partial charge in [0.05, 0.1) is 46.9 Å². The molecular formula is C29H29ClFN5O5S. The van der Waals surface area contributed by atoms with Crippen molar-refractivity contribution in [2.24, 2.45) is 0 Å². The third-order valence-electron chi connectivity index (χ3n) is 6.84. The second kappa shape index (κ2) is 12.1. The lowest BCUT2D eigenvalue weighted by Gasteiger charge is -2.33. The Morgan fingerprint density at radius 3 is 2.57 bits per heavy atom. The molecule has 4 aromatic rings. The molecule has 0 amide bonds. The van der Waals surface area contributed by atoms with Gasteiger partial charge in [0, 0.05) is 30.5 Å². The number of carbonyl (C=O) groups excluding carboxylic acids is 1. The van der Waals surface area contributed by atoms with E-state index in [9.17, 15) is 13.2 Å². The van der Waals surface area contributed by atoms with Crippen LogP contribution in [0.15, 0.2) is 53.7 Å². The van der Waals surface area contributed by atoms with Crippen LogP contribution in [0, 0.1) is 19.3 Å². The average Bonchev–Trinajstić information content (AvgIpc) is 3.33. The second-order valence-electron chi connectivity index (χ2n) is 9.99. The van der Waals surface area contributed by atoms with Crippen LogP contribution in [0.3, 0.4) is 0 Å². The van der Waals surface area contributed by atoms with Crippen molar-refractivity contribution in [2.45, 2.75) is 50.7 Å². The molecule has 0 fully saturated rings. The number of hydrogen-bond acceptors (Lipinski definition) is 8. The van der Waals surface area contributed by atoms with Gasteiger partial charge >= 0.3 is 5.97 Å². The highest BCUT2D eigenvalue weighted by molar-refractivity contribution is 7.90. The molecule has 1 N–H and O–H groups in total. The number of anilines is 1. The normalized spacial score (nSPS) is 12.6. The molecule has 0 radical (unpaired) electrons. The minimum atomic E-state index is -4.13. The molecule has 4 rings (SSSR count). The lowest BCUT2D eigenvalue weighted by molar-refractivity contribution is -0.145. The molecule has 0 aliphatic heterocycles. The smallest absolute Gasteiger partial charge is 0.307 e. The highest BCUT2D eigenvalue weighted by atomic mass is 35.5. The van der Waals surface area contributed by atoms with Gasteiger partial charge in [-0.2, -0.15) is 0 Å². The molecule has 220 valence electrons. The fraction of sp³-hybridized carbons (Fsp3) is 0.310. The highest BCUT2D eigenvalue weighted by Crippen LogP contribution is 2.39. The maximum Gasteiger partial charge on any atom is 0.307 e. The number of hydrogen-bond donors (Lipinski definition) is 1. The van der Waals surface area contributed by atoms with Crippen LogP contribution < -0.4 is 5.32 Å². The molecule has 0 aliphatic rings. The van der Waals surface area contributed by atoms with E-state index in [1.807, 2.05) is 6.92 Å². The van der Waals surface area contributed by atoms with E-state index < -0.39 is 33.5 Å². The third kappa shape index (κ3) is 6.09. The van der Waals surface area contributed by atoms with Gasteiger partial charge in [0.25, 0.3) is 10.0 Å². The van der Waals surface area contributed by atoms with Crippen molar-refractivity contribution in [1.29, 1.82) is 0 Å². The zero-order valence-electron chi connectivity index (χ0n) is 23.6. The summed E-state index contributed by atoms with van der Waals surface area (Å²) in [5.41, 5.74) is -0.0181. The first kappa shape index (κ1) is 30.9. The van der Waals surface area contributed by atoms with E-state index in [0.29, 0.717) is 0 Å². The van der Waals surface area contributed by atoms with Gasteiger partial charge < -0.3 is 14.8 Å². The van der Waals surface area contributed by atoms with Gasteiger partial charge in [-0.05, 0) is 52.0 Å². The lowest BCUT2D eigenvalue weighted by atomic mass is 9.95. The molecule has 13 heteroatoms. The number of nitrogens with zero attached hydrogens (tertiary/aromatic N) is 4. The minimum absolute atomic E-state index is 0.00840. The van der Waals surface area contributed by atoms with Crippen LogP contribution in [0.2, 0.25) is 5.02 Å². The van der Waals surface area contributed by atoms with Gasteiger partial charge in [-0.25, -0.2) is 31.6 Å². The summed E-state index contributed by atoms with van der Waals surface area (Å²) in [6.07, 6.45) is 2.43. The Hall–Kier alpha value is -4.05. The van der Waals surface area contributed by atoms with Gasteiger partial charge in [0.2, 0.25) is 5.69 Å². The van der Waals surface area contributed by atoms with Gasteiger partial charge in [0.1, 0.15) is 0 Å². The summed E-state index contributed by atoms with van der Waals surface area (Å²) in [5.74, 6) is -1.64. The predicted molar refractivity (Wildman–Crippen MR) is 158 cm³/mol. The monoisotopic (exact) mass is 613 g/mol. The minimum Gasteiger partial charge on any atom is -0.466 e. The van der Waals surface area contributed by atoms with Crippen molar-refractivity contribution in [1.82, 2.24) is 13.9 Å². The van der Waals surface area contributed by atoms with Crippen LogP contribution in [0.4, 0.5) is 15.9 Å². The summed E-state index contributed by atoms with van der Waals surface area (Å²) in [7, 11) is -2.68. The molecular weight excluding hydrogens is 585 g/mol. The van der Waals surface area contributed by atoms with E-state index in [1.165, 1.54) is 37.7 Å². The Morgan fingerprint density at radius 1 is 1.26 bits per heavy atom. The van der Waals surface area contributed by atoms with Crippen LogP contribution in [0.5, 0.6) is 0 Å². The van der Waals surface area contributed by atoms with Crippen LogP contribution >= 0.6 is 11.6 Å². The quantitative estimate of drug-likeness (QED) is 0.167. The van der Waals surface area contributed by atoms with Gasteiger partial charge in [-0.15, -0.1) is 0 Å². The number of pyridine rings is 2. The van der Waals surface area contributed by atoms with Gasteiger partial charge in [-0.3, -0.25) is 4.79 Å². The molecule has 0 saturated carbocycles. The summed E-state index contributed by atoms with van der Waals surface area (Å²) >= 11 is 6.24. The third-order valence-corrected chi connectivity index (χ3v) is 8.71. The standard InChI is InChI=1S/C29H29ClFN5O5S/c1-7-41-25(37)14-24(29(3,4)40-6)34-27-22(31)13-23(32-5)26(35-27)21-16-36(28-20(21)12-18(30)15-33-28)42(38,39)19-10-8-17(2)9-11-19/h8-13,15-16,24H,7,14H2,1-4,6H3,(H,34,35). The summed E-state index contributed by atoms with van der Waals surface area (Å²) in [5, 5.41) is 3.44. The van der Waals surface area contributed by atoms with Crippen molar-refractivity contribution < 1.29 is 27.1 Å². The number of benzene rings is 1. The van der Waals surface area contributed by atoms with E-state index in [0.717, 1.165) is 15.6 Å². The van der Waals surface area contributed by atoms with Crippen LogP contribution in [0.25, 0.3) is 27.1 Å². The second-order valence-corrected chi connectivity index (χ2v) is 12.2. The maximum atomic E-state index is 15.3. The summed E-state index contributed by atoms with van der Waals surface area (Å²) in [4.78, 5) is 24.5. The van der Waals surface area contributed by atoms with Crippen LogP contribution in [-0.2, 0) is 24.3 Å². The molecule has 3 heterocycles. The Morgan fingerprint density at radius 2 is 1.95 bits per heavy atom. The largest absolute Gasteiger partial charge is 0.466 e. The highest BCUT2D eigenvalue weighted by Gasteiger charge is 2.33. The Bertz CT molecular complexity index is 1800. The first-order valence-electron chi connectivity index (χ1n) is 12.9. The molecule has 1 atom stereocenters. The van der Waals surface area contributed by atoms with Crippen LogP contribution in [0.1, 0.15) is 32.8 Å². The SMILES string of the molecule is [C-]#[N+]c1cc(F)c(NC(CC(=O)OCC)C(C)(C)OC)nc1-c1cn(S(=O)(=O)c2ccc(C)cc2)c2ncc(Cl)cc12. The van der Waals surface area contributed by atoms with Gasteiger partial charge in [0.15, 0.2) is 17.3 Å². The van der Waals surface area contributed by atoms with Crippen molar-refractivity contribution in [3.05, 3.63) is 76.6 Å². The fourth-order valence-corrected chi connectivity index (χ4v) is 5.76. The van der Waals surface area contributed by atoms with E-state index >= 15 is 4.39 Å². The Balaban J connectivity index is 1.91. The lowest BCUT2D eigenvalue weighted by Crippen LogP contribution is -2.45. The number of nitrogens with one attached hydrogen (secondary N) is 1. The number of carbonyl (C=O) groups is 1. The zero-order chi connectivity index (χ0) is 30.8. The van der Waals surface area contributed by atoms with E-state index in [-0.39, 0.29) is 56.7 Å². The Kier molecular flexibility index (Phi) is 8.87. The fourth-order valence-electron chi connectivity index (χ4n) is 4.28. The molecule has 0 spiro atoms. The Labute approximate surface area is 248 Å². The predicted octanol–water partition coefficient (Wildman–Crippen LogP) is 6.15. The number of esters is 1. The molecule has 3 aromatic heterocycles. The molecule has 10 nitrogen and oxygen atoms in total. The molecule has 1 aromatic carbocycles. The van der Waals surface area contributed by atoms with Crippen molar-refractivity contribution >= 4 is 50.1 Å². The number of fused-ring (bicyclic) bond motifs is 1. The summed E-state index contributed by atoms with van der Waals surface area (Å²) in [6, 6.07) is 8.03. The number of halogens is 2. The summed E-state index contributed by atoms with van der Waals surface area (Å²) in [6.45, 7) is 14.8. The topological polar surface area (TPSA) is 117 Å². The van der Waals surface area contributed by atoms with Crippen LogP contribution in [-0.4, -0.2) is 53.7 Å². The average molecular weight is 614 g/mol. The number of ether oxygens (including phenoxy) is 2. The van der Waals surface area contributed by atoms with Crippen molar-refractivity contribution in [3.63, 3.8) is 0 Å². The van der Waals surface area contributed by atoms with Crippen molar-refractivity contribution in [2.75, 3.05) is 19.0 Å². The molecule has 0 bridgehead atoms. The molecule has 1 unspecified atom stereocenters. The maximum absolute atomic E-state index is 15.3. The number of rotatable bonds is 10. The van der Waals surface area contributed by atoms with Crippen molar-refractivity contribution in [3.8, 4) is 11.3 Å². The van der Waals surface area contributed by atoms with E-state index in [2.05, 4.69) is 20.1 Å². The van der Waals surface area contributed by atoms with E-state index in [4.69, 9.17) is 27.6 Å². The molecule has 0 saturated heterocycles. The molecule has 42 heavy (non-hydrogen) atoms. The first-order valence-corrected chi connectivity index (χ1v) is 14.7. The number of aromatic nitrogens is 3. The van der Waals surface area contributed by atoms with Gasteiger partial charge in [-0.1, -0.05) is 29.3 Å². The number of aryl methyl sites for hydroxylation is 1. The zero-order valence-corrected chi connectivity index (χ0v) is 25.2. The van der Waals surface area contributed by atoms with E-state index in [1.54, 1.807) is 32.9 Å². The molecule has 0 aliphatic carbocycles.